The van der Waals surface area contributed by atoms with Crippen molar-refractivity contribution in [3.63, 3.8) is 0 Å². The second-order valence-corrected chi connectivity index (χ2v) is 4.04. The summed E-state index contributed by atoms with van der Waals surface area (Å²) in [5.74, 6) is -0.751. The molecule has 0 unspecified atom stereocenters. The smallest absolute Gasteiger partial charge is 0.323 e. The Morgan fingerprint density at radius 1 is 1.30 bits per heavy atom. The number of carboxylic acid groups (broad SMARTS) is 1. The standard InChI is InChI=1S/C14H17NO5/c1-15(9-14(17)18)13(16)8-5-11-3-6-12(7-4-11)20-10-19-2/h3-8H,9-10H2,1-2H3,(H,17,18)/b8-5+. The highest BCUT2D eigenvalue weighted by atomic mass is 16.7. The first kappa shape index (κ1) is 15.7. The van der Waals surface area contributed by atoms with Crippen molar-refractivity contribution in [2.75, 3.05) is 27.5 Å². The SMILES string of the molecule is COCOc1ccc(/C=C/C(=O)N(C)CC(=O)O)cc1. The van der Waals surface area contributed by atoms with Crippen LogP contribution in [-0.2, 0) is 14.3 Å². The van der Waals surface area contributed by atoms with Gasteiger partial charge in [-0.25, -0.2) is 0 Å². The van der Waals surface area contributed by atoms with Crippen LogP contribution in [0.3, 0.4) is 0 Å². The number of nitrogens with zero attached hydrogens (tertiary/aromatic N) is 1. The van der Waals surface area contributed by atoms with Crippen LogP contribution in [-0.4, -0.2) is 49.4 Å². The lowest BCUT2D eigenvalue weighted by molar-refractivity contribution is -0.141. The van der Waals surface area contributed by atoms with E-state index in [1.165, 1.54) is 20.2 Å². The van der Waals surface area contributed by atoms with E-state index in [4.69, 9.17) is 14.6 Å². The van der Waals surface area contributed by atoms with Crippen LogP contribution in [0.5, 0.6) is 5.75 Å². The fraction of sp³-hybridized carbons (Fsp3) is 0.286. The molecule has 1 aromatic carbocycles. The molecular weight excluding hydrogens is 262 g/mol. The first-order valence-corrected chi connectivity index (χ1v) is 5.89. The molecule has 1 aromatic rings. The second-order valence-electron chi connectivity index (χ2n) is 4.04. The molecule has 0 heterocycles. The van der Waals surface area contributed by atoms with Gasteiger partial charge in [0.05, 0.1) is 0 Å². The lowest BCUT2D eigenvalue weighted by Gasteiger charge is -2.11. The molecule has 1 N–H and O–H groups in total. The molecule has 0 aliphatic carbocycles. The van der Waals surface area contributed by atoms with Crippen LogP contribution in [0.2, 0.25) is 0 Å². The summed E-state index contributed by atoms with van der Waals surface area (Å²) in [6.45, 7) is -0.152. The Labute approximate surface area is 117 Å². The number of hydrogen-bond donors (Lipinski definition) is 1. The van der Waals surface area contributed by atoms with Crippen molar-refractivity contribution in [3.8, 4) is 5.75 Å². The molecular formula is C14H17NO5. The number of hydrogen-bond acceptors (Lipinski definition) is 4. The zero-order chi connectivity index (χ0) is 15.0. The van der Waals surface area contributed by atoms with Crippen molar-refractivity contribution in [1.82, 2.24) is 4.90 Å². The molecule has 0 fully saturated rings. The minimum Gasteiger partial charge on any atom is -0.480 e. The summed E-state index contributed by atoms with van der Waals surface area (Å²) < 4.78 is 10.0. The van der Waals surface area contributed by atoms with E-state index in [0.717, 1.165) is 10.5 Å². The molecule has 0 atom stereocenters. The zero-order valence-corrected chi connectivity index (χ0v) is 11.4. The first-order valence-electron chi connectivity index (χ1n) is 5.89. The summed E-state index contributed by atoms with van der Waals surface area (Å²) in [7, 11) is 2.97. The monoisotopic (exact) mass is 279 g/mol. The van der Waals surface area contributed by atoms with Gasteiger partial charge >= 0.3 is 5.97 Å². The lowest BCUT2D eigenvalue weighted by Crippen LogP contribution is -2.30. The number of ether oxygens (including phenoxy) is 2. The fourth-order valence-electron chi connectivity index (χ4n) is 1.38. The Morgan fingerprint density at radius 3 is 2.50 bits per heavy atom. The van der Waals surface area contributed by atoms with E-state index in [9.17, 15) is 9.59 Å². The van der Waals surface area contributed by atoms with Gasteiger partial charge in [-0.1, -0.05) is 12.1 Å². The van der Waals surface area contributed by atoms with Crippen LogP contribution >= 0.6 is 0 Å². The second kappa shape index (κ2) is 7.96. The molecule has 0 saturated carbocycles. The maximum Gasteiger partial charge on any atom is 0.323 e. The van der Waals surface area contributed by atoms with Crippen LogP contribution in [0.25, 0.3) is 6.08 Å². The predicted octanol–water partition coefficient (Wildman–Crippen LogP) is 1.23. The van der Waals surface area contributed by atoms with Crippen molar-refractivity contribution < 1.29 is 24.2 Å². The quantitative estimate of drug-likeness (QED) is 0.600. The van der Waals surface area contributed by atoms with Crippen LogP contribution < -0.4 is 4.74 Å². The van der Waals surface area contributed by atoms with Gasteiger partial charge in [0, 0.05) is 20.2 Å². The summed E-state index contributed by atoms with van der Waals surface area (Å²) >= 11 is 0. The van der Waals surface area contributed by atoms with E-state index < -0.39 is 5.97 Å². The Morgan fingerprint density at radius 2 is 1.95 bits per heavy atom. The Hall–Kier alpha value is -2.34. The molecule has 0 saturated heterocycles. The van der Waals surface area contributed by atoms with Crippen molar-refractivity contribution in [2.24, 2.45) is 0 Å². The molecule has 0 aliphatic heterocycles. The van der Waals surface area contributed by atoms with Crippen molar-refractivity contribution in [3.05, 3.63) is 35.9 Å². The van der Waals surface area contributed by atoms with Gasteiger partial charge in [0.25, 0.3) is 0 Å². The van der Waals surface area contributed by atoms with Crippen LogP contribution in [0.15, 0.2) is 30.3 Å². The number of benzene rings is 1. The molecule has 0 aliphatic rings. The van der Waals surface area contributed by atoms with Gasteiger partial charge in [-0.2, -0.15) is 0 Å². The zero-order valence-electron chi connectivity index (χ0n) is 11.4. The number of rotatable bonds is 7. The predicted molar refractivity (Wildman–Crippen MR) is 73.3 cm³/mol. The molecule has 108 valence electrons. The number of carboxylic acids is 1. The molecule has 6 nitrogen and oxygen atoms in total. The lowest BCUT2D eigenvalue weighted by atomic mass is 10.2. The number of likely N-dealkylation sites (N-methyl/N-ethyl adjacent to an activating group) is 1. The molecule has 0 spiro atoms. The van der Waals surface area contributed by atoms with E-state index in [2.05, 4.69) is 0 Å². The van der Waals surface area contributed by atoms with E-state index >= 15 is 0 Å². The van der Waals surface area contributed by atoms with Crippen molar-refractivity contribution in [2.45, 2.75) is 0 Å². The number of aliphatic carboxylic acids is 1. The molecule has 6 heteroatoms. The summed E-state index contributed by atoms with van der Waals surface area (Å²) in [6, 6.07) is 7.08. The molecule has 1 amide bonds. The summed E-state index contributed by atoms with van der Waals surface area (Å²) in [6.07, 6.45) is 2.94. The highest BCUT2D eigenvalue weighted by Crippen LogP contribution is 2.13. The molecule has 20 heavy (non-hydrogen) atoms. The third kappa shape index (κ3) is 5.53. The summed E-state index contributed by atoms with van der Waals surface area (Å²) in [5.41, 5.74) is 0.812. The third-order valence-electron chi connectivity index (χ3n) is 2.39. The van der Waals surface area contributed by atoms with Gasteiger partial charge in [-0.3, -0.25) is 9.59 Å². The highest BCUT2D eigenvalue weighted by molar-refractivity contribution is 5.93. The summed E-state index contributed by atoms with van der Waals surface area (Å²) in [4.78, 5) is 23.2. The summed E-state index contributed by atoms with van der Waals surface area (Å²) in [5, 5.41) is 8.58. The normalized spacial score (nSPS) is 10.5. The third-order valence-corrected chi connectivity index (χ3v) is 2.39. The van der Waals surface area contributed by atoms with E-state index in [1.807, 2.05) is 0 Å². The Kier molecular flexibility index (Phi) is 6.25. The minimum atomic E-state index is -1.05. The maximum absolute atomic E-state index is 11.6. The first-order chi connectivity index (χ1) is 9.52. The average Bonchev–Trinajstić information content (AvgIpc) is 2.42. The molecule has 0 bridgehead atoms. The van der Waals surface area contributed by atoms with Gasteiger partial charge < -0.3 is 19.5 Å². The Bertz CT molecular complexity index is 481. The van der Waals surface area contributed by atoms with Crippen LogP contribution in [0, 0.1) is 0 Å². The molecule has 1 rings (SSSR count). The van der Waals surface area contributed by atoms with Gasteiger partial charge in [0.1, 0.15) is 12.3 Å². The largest absolute Gasteiger partial charge is 0.480 e. The molecule has 0 radical (unpaired) electrons. The van der Waals surface area contributed by atoms with Gasteiger partial charge in [-0.05, 0) is 23.8 Å². The number of carbonyl (C=O) groups is 2. The fourth-order valence-corrected chi connectivity index (χ4v) is 1.38. The average molecular weight is 279 g/mol. The van der Waals surface area contributed by atoms with Crippen molar-refractivity contribution >= 4 is 18.0 Å². The number of amides is 1. The van der Waals surface area contributed by atoms with Crippen molar-refractivity contribution in [1.29, 1.82) is 0 Å². The van der Waals surface area contributed by atoms with Gasteiger partial charge in [0.15, 0.2) is 6.79 Å². The van der Waals surface area contributed by atoms with E-state index in [1.54, 1.807) is 30.3 Å². The van der Waals surface area contributed by atoms with Gasteiger partial charge in [-0.15, -0.1) is 0 Å². The number of carbonyl (C=O) groups excluding carboxylic acids is 1. The topological polar surface area (TPSA) is 76.1 Å². The van der Waals surface area contributed by atoms with E-state index in [0.29, 0.717) is 5.75 Å². The number of methoxy groups -OCH3 is 1. The highest BCUT2D eigenvalue weighted by Gasteiger charge is 2.08. The molecule has 0 aromatic heterocycles. The van der Waals surface area contributed by atoms with Crippen LogP contribution in [0.1, 0.15) is 5.56 Å². The maximum atomic E-state index is 11.6. The minimum absolute atomic E-state index is 0.174. The van der Waals surface area contributed by atoms with Crippen LogP contribution in [0.4, 0.5) is 0 Å². The Balaban J connectivity index is 2.57. The van der Waals surface area contributed by atoms with Gasteiger partial charge in [0.2, 0.25) is 5.91 Å². The van der Waals surface area contributed by atoms with E-state index in [-0.39, 0.29) is 19.2 Å².